The fourth-order valence-corrected chi connectivity index (χ4v) is 2.42. The summed E-state index contributed by atoms with van der Waals surface area (Å²) in [5.41, 5.74) is -0.729. The van der Waals surface area contributed by atoms with Gasteiger partial charge in [0.1, 0.15) is 0 Å². The Bertz CT molecular complexity index is 505. The molecule has 5 nitrogen and oxygen atoms in total. The molecule has 0 aromatic carbocycles. The molecular formula is C14H20FN3O2. The summed E-state index contributed by atoms with van der Waals surface area (Å²) in [5.74, 6) is -0.909. The van der Waals surface area contributed by atoms with E-state index < -0.39 is 11.4 Å². The predicted octanol–water partition coefficient (Wildman–Crippen LogP) is 1.64. The number of pyridine rings is 1. The van der Waals surface area contributed by atoms with E-state index in [0.29, 0.717) is 32.4 Å². The SMILES string of the molecule is CNc1nccc(C(=O)N2CCCC(C)(O)CC2)c1F. The van der Waals surface area contributed by atoms with Crippen LogP contribution in [0.5, 0.6) is 0 Å². The van der Waals surface area contributed by atoms with Gasteiger partial charge in [-0.05, 0) is 32.3 Å². The number of likely N-dealkylation sites (tertiary alicyclic amines) is 1. The first kappa shape index (κ1) is 14.7. The van der Waals surface area contributed by atoms with Gasteiger partial charge in [-0.1, -0.05) is 0 Å². The molecule has 1 saturated heterocycles. The van der Waals surface area contributed by atoms with Crippen LogP contribution >= 0.6 is 0 Å². The molecule has 1 unspecified atom stereocenters. The van der Waals surface area contributed by atoms with Gasteiger partial charge in [-0.25, -0.2) is 9.37 Å². The second kappa shape index (κ2) is 5.75. The lowest BCUT2D eigenvalue weighted by Gasteiger charge is -2.23. The molecule has 2 rings (SSSR count). The molecule has 1 aromatic rings. The molecule has 6 heteroatoms. The van der Waals surface area contributed by atoms with Crippen molar-refractivity contribution in [3.05, 3.63) is 23.6 Å². The van der Waals surface area contributed by atoms with E-state index in [-0.39, 0.29) is 17.3 Å². The van der Waals surface area contributed by atoms with Crippen LogP contribution in [0.4, 0.5) is 10.2 Å². The fraction of sp³-hybridized carbons (Fsp3) is 0.571. The van der Waals surface area contributed by atoms with E-state index in [1.54, 1.807) is 18.9 Å². The van der Waals surface area contributed by atoms with Gasteiger partial charge < -0.3 is 15.3 Å². The lowest BCUT2D eigenvalue weighted by atomic mass is 9.98. The quantitative estimate of drug-likeness (QED) is 0.865. The number of hydrogen-bond donors (Lipinski definition) is 2. The Morgan fingerprint density at radius 3 is 2.95 bits per heavy atom. The van der Waals surface area contributed by atoms with Crippen LogP contribution in [0.3, 0.4) is 0 Å². The molecule has 0 aliphatic carbocycles. The maximum atomic E-state index is 14.1. The number of aromatic nitrogens is 1. The van der Waals surface area contributed by atoms with Gasteiger partial charge in [-0.3, -0.25) is 4.79 Å². The monoisotopic (exact) mass is 281 g/mol. The first-order chi connectivity index (χ1) is 9.44. The number of hydrogen-bond acceptors (Lipinski definition) is 4. The van der Waals surface area contributed by atoms with Crippen molar-refractivity contribution in [1.82, 2.24) is 9.88 Å². The Labute approximate surface area is 117 Å². The van der Waals surface area contributed by atoms with Crippen LogP contribution in [0.2, 0.25) is 0 Å². The van der Waals surface area contributed by atoms with Crippen molar-refractivity contribution < 1.29 is 14.3 Å². The molecule has 1 aromatic heterocycles. The fourth-order valence-electron chi connectivity index (χ4n) is 2.42. The van der Waals surface area contributed by atoms with E-state index in [0.717, 1.165) is 0 Å². The molecule has 0 saturated carbocycles. The zero-order chi connectivity index (χ0) is 14.8. The maximum absolute atomic E-state index is 14.1. The molecule has 1 aliphatic rings. The molecule has 20 heavy (non-hydrogen) atoms. The summed E-state index contributed by atoms with van der Waals surface area (Å²) in [5, 5.41) is 12.7. The molecule has 110 valence electrons. The van der Waals surface area contributed by atoms with Crippen molar-refractivity contribution in [2.75, 3.05) is 25.5 Å². The second-order valence-electron chi connectivity index (χ2n) is 5.41. The van der Waals surface area contributed by atoms with Crippen LogP contribution in [0.1, 0.15) is 36.5 Å². The summed E-state index contributed by atoms with van der Waals surface area (Å²) in [6.45, 7) is 2.74. The minimum atomic E-state index is -0.748. The van der Waals surface area contributed by atoms with Crippen LogP contribution in [-0.2, 0) is 0 Å². The van der Waals surface area contributed by atoms with Gasteiger partial charge in [0.15, 0.2) is 11.6 Å². The van der Waals surface area contributed by atoms with Crippen LogP contribution in [0.15, 0.2) is 12.3 Å². The van der Waals surface area contributed by atoms with Crippen LogP contribution in [0, 0.1) is 5.82 Å². The number of rotatable bonds is 2. The zero-order valence-corrected chi connectivity index (χ0v) is 11.8. The first-order valence-electron chi connectivity index (χ1n) is 6.78. The molecule has 1 atom stereocenters. The van der Waals surface area contributed by atoms with Gasteiger partial charge in [0.25, 0.3) is 5.91 Å². The van der Waals surface area contributed by atoms with Crippen LogP contribution in [0.25, 0.3) is 0 Å². The molecule has 1 aliphatic heterocycles. The van der Waals surface area contributed by atoms with E-state index >= 15 is 0 Å². The smallest absolute Gasteiger partial charge is 0.257 e. The standard InChI is InChI=1S/C14H20FN3O2/c1-14(20)5-3-8-18(9-6-14)13(19)10-4-7-17-12(16-2)11(10)15/h4,7,20H,3,5-6,8-9H2,1-2H3,(H,16,17). The highest BCUT2D eigenvalue weighted by Gasteiger charge is 2.28. The molecule has 0 radical (unpaired) electrons. The second-order valence-corrected chi connectivity index (χ2v) is 5.41. The largest absolute Gasteiger partial charge is 0.390 e. The van der Waals surface area contributed by atoms with Crippen molar-refractivity contribution >= 4 is 11.7 Å². The predicted molar refractivity (Wildman–Crippen MR) is 74.1 cm³/mol. The topological polar surface area (TPSA) is 65.5 Å². The first-order valence-corrected chi connectivity index (χ1v) is 6.78. The average Bonchev–Trinajstić information content (AvgIpc) is 2.59. The number of carbonyl (C=O) groups is 1. The third-order valence-corrected chi connectivity index (χ3v) is 3.71. The number of nitrogens with zero attached hydrogens (tertiary/aromatic N) is 2. The van der Waals surface area contributed by atoms with Gasteiger partial charge in [-0.2, -0.15) is 0 Å². The summed E-state index contributed by atoms with van der Waals surface area (Å²) >= 11 is 0. The summed E-state index contributed by atoms with van der Waals surface area (Å²) in [7, 11) is 1.56. The Balaban J connectivity index is 2.19. The summed E-state index contributed by atoms with van der Waals surface area (Å²) in [6.07, 6.45) is 3.28. The highest BCUT2D eigenvalue weighted by Crippen LogP contribution is 2.23. The molecule has 0 spiro atoms. The number of aliphatic hydroxyl groups is 1. The van der Waals surface area contributed by atoms with E-state index in [9.17, 15) is 14.3 Å². The van der Waals surface area contributed by atoms with Crippen molar-refractivity contribution in [3.8, 4) is 0 Å². The number of halogens is 1. The summed E-state index contributed by atoms with van der Waals surface area (Å²) in [6, 6.07) is 1.39. The molecule has 1 amide bonds. The lowest BCUT2D eigenvalue weighted by Crippen LogP contribution is -2.34. The number of carbonyl (C=O) groups excluding carboxylic acids is 1. The third-order valence-electron chi connectivity index (χ3n) is 3.71. The molecule has 2 N–H and O–H groups in total. The highest BCUT2D eigenvalue weighted by atomic mass is 19.1. The molecule has 2 heterocycles. The van der Waals surface area contributed by atoms with Gasteiger partial charge in [0.2, 0.25) is 0 Å². The van der Waals surface area contributed by atoms with E-state index in [1.807, 2.05) is 0 Å². The van der Waals surface area contributed by atoms with Gasteiger partial charge >= 0.3 is 0 Å². The number of anilines is 1. The van der Waals surface area contributed by atoms with E-state index in [1.165, 1.54) is 12.3 Å². The Hall–Kier alpha value is -1.69. The summed E-state index contributed by atoms with van der Waals surface area (Å²) in [4.78, 5) is 17.8. The number of amides is 1. The average molecular weight is 281 g/mol. The van der Waals surface area contributed by atoms with Gasteiger partial charge in [0, 0.05) is 26.3 Å². The lowest BCUT2D eigenvalue weighted by molar-refractivity contribution is 0.0437. The number of nitrogens with one attached hydrogen (secondary N) is 1. The van der Waals surface area contributed by atoms with E-state index in [4.69, 9.17) is 0 Å². The Morgan fingerprint density at radius 1 is 1.50 bits per heavy atom. The van der Waals surface area contributed by atoms with Crippen molar-refractivity contribution in [3.63, 3.8) is 0 Å². The zero-order valence-electron chi connectivity index (χ0n) is 11.8. The molecular weight excluding hydrogens is 261 g/mol. The third kappa shape index (κ3) is 3.07. The minimum absolute atomic E-state index is 0.0193. The minimum Gasteiger partial charge on any atom is -0.390 e. The molecule has 0 bridgehead atoms. The van der Waals surface area contributed by atoms with Crippen molar-refractivity contribution in [2.24, 2.45) is 0 Å². The Morgan fingerprint density at radius 2 is 2.25 bits per heavy atom. The van der Waals surface area contributed by atoms with Crippen molar-refractivity contribution in [2.45, 2.75) is 31.8 Å². The Kier molecular flexibility index (Phi) is 4.23. The van der Waals surface area contributed by atoms with Gasteiger partial charge in [-0.15, -0.1) is 0 Å². The van der Waals surface area contributed by atoms with Crippen molar-refractivity contribution in [1.29, 1.82) is 0 Å². The van der Waals surface area contributed by atoms with Crippen LogP contribution in [-0.4, -0.2) is 46.6 Å². The molecule has 1 fully saturated rings. The van der Waals surface area contributed by atoms with Crippen LogP contribution < -0.4 is 5.32 Å². The normalized spacial score (nSPS) is 23.3. The highest BCUT2D eigenvalue weighted by molar-refractivity contribution is 5.95. The maximum Gasteiger partial charge on any atom is 0.257 e. The van der Waals surface area contributed by atoms with Gasteiger partial charge in [0.05, 0.1) is 11.2 Å². The summed E-state index contributed by atoms with van der Waals surface area (Å²) < 4.78 is 14.1. The van der Waals surface area contributed by atoms with E-state index in [2.05, 4.69) is 10.3 Å².